The number of carboxylic acids is 1. The highest BCUT2D eigenvalue weighted by Gasteiger charge is 2.39. The molecule has 2 aromatic rings. The summed E-state index contributed by atoms with van der Waals surface area (Å²) in [6.07, 6.45) is -0.116. The Kier molecular flexibility index (Phi) is 9.05. The molecule has 0 radical (unpaired) electrons. The second kappa shape index (κ2) is 10.8. The van der Waals surface area contributed by atoms with Crippen LogP contribution in [0, 0.1) is 0 Å². The Balaban J connectivity index is 3.13. The van der Waals surface area contributed by atoms with Gasteiger partial charge in [0.2, 0.25) is 0 Å². The van der Waals surface area contributed by atoms with Gasteiger partial charge in [0.1, 0.15) is 18.1 Å². The molecule has 218 valence electrons. The number of ether oxygens (including phenoxy) is 1. The summed E-state index contributed by atoms with van der Waals surface area (Å²) in [7, 11) is 0. The maximum atomic E-state index is 12.5. The minimum Gasteiger partial charge on any atom is -0.507 e. The number of hydrogen-bond acceptors (Lipinski definition) is 4. The van der Waals surface area contributed by atoms with Gasteiger partial charge in [-0.1, -0.05) is 114 Å². The van der Waals surface area contributed by atoms with Crippen molar-refractivity contribution < 1.29 is 24.9 Å². The molecule has 5 nitrogen and oxygen atoms in total. The number of phenols is 1. The molecule has 0 fully saturated rings. The Morgan fingerprint density at radius 1 is 0.667 bits per heavy atom. The van der Waals surface area contributed by atoms with Crippen molar-refractivity contribution >= 4 is 5.97 Å². The van der Waals surface area contributed by atoms with Crippen molar-refractivity contribution in [1.29, 1.82) is 0 Å². The van der Waals surface area contributed by atoms with E-state index in [1.165, 1.54) is 0 Å². The van der Waals surface area contributed by atoms with E-state index < -0.39 is 11.4 Å². The summed E-state index contributed by atoms with van der Waals surface area (Å²) in [4.78, 5) is 12.5. The van der Waals surface area contributed by atoms with Gasteiger partial charge >= 0.3 is 5.97 Å². The van der Waals surface area contributed by atoms with Gasteiger partial charge in [-0.15, -0.1) is 0 Å². The Hall–Kier alpha value is -2.53. The molecular formula is C34H52O5. The predicted octanol–water partition coefficient (Wildman–Crippen LogP) is 7.73. The summed E-state index contributed by atoms with van der Waals surface area (Å²) in [6, 6.07) is 8.17. The summed E-state index contributed by atoms with van der Waals surface area (Å²) in [5.74, 6) is 0.132. The molecule has 0 saturated heterocycles. The Labute approximate surface area is 236 Å². The quantitative estimate of drug-likeness (QED) is 0.334. The number of aliphatic hydroxyl groups is 1. The van der Waals surface area contributed by atoms with Crippen LogP contribution in [0.2, 0.25) is 0 Å². The van der Waals surface area contributed by atoms with Gasteiger partial charge in [0.05, 0.1) is 13.0 Å². The van der Waals surface area contributed by atoms with Gasteiger partial charge in [0.15, 0.2) is 0 Å². The summed E-state index contributed by atoms with van der Waals surface area (Å²) in [5.41, 5.74) is 3.12. The summed E-state index contributed by atoms with van der Waals surface area (Å²) in [6.45, 7) is 27.2. The van der Waals surface area contributed by atoms with E-state index in [4.69, 9.17) is 4.74 Å². The van der Waals surface area contributed by atoms with Crippen LogP contribution in [0.5, 0.6) is 11.5 Å². The van der Waals surface area contributed by atoms with Crippen molar-refractivity contribution in [3.05, 3.63) is 57.6 Å². The van der Waals surface area contributed by atoms with E-state index in [9.17, 15) is 20.1 Å². The fourth-order valence-corrected chi connectivity index (χ4v) is 5.13. The average molecular weight is 541 g/mol. The van der Waals surface area contributed by atoms with Crippen LogP contribution < -0.4 is 4.74 Å². The van der Waals surface area contributed by atoms with Crippen LogP contribution in [0.4, 0.5) is 0 Å². The lowest BCUT2D eigenvalue weighted by molar-refractivity contribution is -0.138. The van der Waals surface area contributed by atoms with E-state index in [0.717, 1.165) is 39.1 Å². The number of benzene rings is 2. The van der Waals surface area contributed by atoms with E-state index in [2.05, 4.69) is 95.2 Å². The molecule has 39 heavy (non-hydrogen) atoms. The Morgan fingerprint density at radius 3 is 1.28 bits per heavy atom. The average Bonchev–Trinajstić information content (AvgIpc) is 2.73. The summed E-state index contributed by atoms with van der Waals surface area (Å²) >= 11 is 0. The molecule has 0 spiro atoms. The fourth-order valence-electron chi connectivity index (χ4n) is 5.13. The maximum absolute atomic E-state index is 12.5. The number of aliphatic hydroxyl groups excluding tert-OH is 1. The molecule has 0 saturated carbocycles. The highest BCUT2D eigenvalue weighted by Crippen LogP contribution is 2.48. The van der Waals surface area contributed by atoms with E-state index in [1.807, 2.05) is 19.1 Å². The molecule has 0 amide bonds. The van der Waals surface area contributed by atoms with Crippen LogP contribution in [0.1, 0.15) is 130 Å². The van der Waals surface area contributed by atoms with Gasteiger partial charge < -0.3 is 20.1 Å². The standard InChI is InChI=1S/C34H52O5/c1-30(2,3)23-16-21(17-24(28(23)38)31(4,5)6)34(13,20-27(36)37)22-18-25(32(7,8)9)29(39-15-14-35)26(19-22)33(10,11)12/h16-19,35,38H,14-15,20H2,1-13H3,(H,36,37). The van der Waals surface area contributed by atoms with Crippen molar-refractivity contribution in [3.8, 4) is 11.5 Å². The minimum absolute atomic E-state index is 0.0929. The highest BCUT2D eigenvalue weighted by molar-refractivity contribution is 5.71. The number of rotatable bonds is 7. The lowest BCUT2D eigenvalue weighted by Gasteiger charge is -2.37. The molecule has 0 heterocycles. The van der Waals surface area contributed by atoms with Gasteiger partial charge in [0, 0.05) is 16.5 Å². The van der Waals surface area contributed by atoms with Crippen LogP contribution in [0.3, 0.4) is 0 Å². The van der Waals surface area contributed by atoms with Gasteiger partial charge in [0.25, 0.3) is 0 Å². The summed E-state index contributed by atoms with van der Waals surface area (Å²) < 4.78 is 6.17. The molecule has 1 unspecified atom stereocenters. The molecule has 0 aromatic heterocycles. The lowest BCUT2D eigenvalue weighted by Crippen LogP contribution is -2.31. The normalized spacial score (nSPS) is 14.7. The monoisotopic (exact) mass is 540 g/mol. The first kappa shape index (κ1) is 32.7. The van der Waals surface area contributed by atoms with Gasteiger partial charge in [-0.25, -0.2) is 0 Å². The maximum Gasteiger partial charge on any atom is 0.304 e. The first-order valence-electron chi connectivity index (χ1n) is 14.0. The first-order valence-corrected chi connectivity index (χ1v) is 14.0. The molecule has 3 N–H and O–H groups in total. The minimum atomic E-state index is -0.894. The highest BCUT2D eigenvalue weighted by atomic mass is 16.5. The van der Waals surface area contributed by atoms with Crippen molar-refractivity contribution in [1.82, 2.24) is 0 Å². The van der Waals surface area contributed by atoms with E-state index >= 15 is 0 Å². The van der Waals surface area contributed by atoms with Crippen LogP contribution in [-0.2, 0) is 31.9 Å². The van der Waals surface area contributed by atoms with Gasteiger partial charge in [-0.3, -0.25) is 4.79 Å². The summed E-state index contributed by atoms with van der Waals surface area (Å²) in [5, 5.41) is 31.1. The van der Waals surface area contributed by atoms with Gasteiger partial charge in [-0.05, 0) is 43.9 Å². The lowest BCUT2D eigenvalue weighted by atomic mass is 9.67. The number of carboxylic acid groups (broad SMARTS) is 1. The van der Waals surface area contributed by atoms with Gasteiger partial charge in [-0.2, -0.15) is 0 Å². The van der Waals surface area contributed by atoms with E-state index in [-0.39, 0.29) is 47.0 Å². The molecule has 2 aromatic carbocycles. The number of carbonyl (C=O) groups is 1. The molecule has 0 aliphatic heterocycles. The Bertz CT molecular complexity index is 1130. The molecule has 2 rings (SSSR count). The van der Waals surface area contributed by atoms with Crippen molar-refractivity contribution in [3.63, 3.8) is 0 Å². The fraction of sp³-hybridized carbons (Fsp3) is 0.618. The smallest absolute Gasteiger partial charge is 0.304 e. The SMILES string of the molecule is CC(C)(C)c1cc(C(C)(CC(=O)O)c2cc(C(C)(C)C)c(OCCO)c(C(C)(C)C)c2)cc(C(C)(C)C)c1O. The van der Waals surface area contributed by atoms with Crippen LogP contribution >= 0.6 is 0 Å². The number of phenolic OH excluding ortho intramolecular Hbond substituents is 1. The predicted molar refractivity (Wildman–Crippen MR) is 161 cm³/mol. The third-order valence-electron chi connectivity index (χ3n) is 7.55. The zero-order valence-corrected chi connectivity index (χ0v) is 26.6. The molecular weight excluding hydrogens is 488 g/mol. The zero-order chi connectivity index (χ0) is 30.4. The van der Waals surface area contributed by atoms with Crippen molar-refractivity contribution in [2.45, 2.75) is 124 Å². The second-order valence-corrected chi connectivity index (χ2v) is 15.3. The number of aliphatic carboxylic acids is 1. The largest absolute Gasteiger partial charge is 0.507 e. The third-order valence-corrected chi connectivity index (χ3v) is 7.55. The van der Waals surface area contributed by atoms with Crippen molar-refractivity contribution in [2.75, 3.05) is 13.2 Å². The molecule has 0 aliphatic carbocycles. The third kappa shape index (κ3) is 7.16. The second-order valence-electron chi connectivity index (χ2n) is 15.3. The zero-order valence-electron chi connectivity index (χ0n) is 26.6. The first-order chi connectivity index (χ1) is 17.4. The number of hydrogen-bond donors (Lipinski definition) is 3. The molecule has 0 aliphatic rings. The van der Waals surface area contributed by atoms with Crippen LogP contribution in [0.25, 0.3) is 0 Å². The molecule has 1 atom stereocenters. The van der Waals surface area contributed by atoms with Crippen molar-refractivity contribution in [2.24, 2.45) is 0 Å². The van der Waals surface area contributed by atoms with Crippen LogP contribution in [-0.4, -0.2) is 34.5 Å². The molecule has 0 bridgehead atoms. The Morgan fingerprint density at radius 2 is 1.00 bits per heavy atom. The van der Waals surface area contributed by atoms with Crippen LogP contribution in [0.15, 0.2) is 24.3 Å². The van der Waals surface area contributed by atoms with E-state index in [0.29, 0.717) is 0 Å². The van der Waals surface area contributed by atoms with E-state index in [1.54, 1.807) is 0 Å². The topological polar surface area (TPSA) is 87.0 Å². The molecule has 5 heteroatoms. The number of aromatic hydroxyl groups is 1.